The lowest BCUT2D eigenvalue weighted by atomic mass is 10.2. The summed E-state index contributed by atoms with van der Waals surface area (Å²) in [4.78, 5) is 12.1. The molecule has 0 aliphatic rings. The van der Waals surface area contributed by atoms with E-state index in [-0.39, 0.29) is 5.91 Å². The fourth-order valence-electron chi connectivity index (χ4n) is 2.24. The molecular weight excluding hydrogens is 375 g/mol. The fraction of sp³-hybridized carbons (Fsp3) is 0.0526. The topological polar surface area (TPSA) is 63.8 Å². The highest BCUT2D eigenvalue weighted by atomic mass is 35.5. The molecule has 5 nitrogen and oxygen atoms in total. The second-order valence-electron chi connectivity index (χ2n) is 5.23. The maximum atomic E-state index is 12.1. The summed E-state index contributed by atoms with van der Waals surface area (Å²) in [5.41, 5.74) is 3.55. The van der Waals surface area contributed by atoms with E-state index >= 15 is 0 Å². The number of carbonyl (C=O) groups excluding carboxylic acids is 1. The Morgan fingerprint density at radius 1 is 1.15 bits per heavy atom. The number of carbonyl (C=O) groups is 1. The van der Waals surface area contributed by atoms with E-state index in [1.54, 1.807) is 54.6 Å². The second kappa shape index (κ2) is 8.08. The van der Waals surface area contributed by atoms with Crippen molar-refractivity contribution in [3.8, 4) is 17.1 Å². The first-order valence-electron chi connectivity index (χ1n) is 7.60. The monoisotopic (exact) mass is 388 g/mol. The first-order chi connectivity index (χ1) is 12.6. The Morgan fingerprint density at radius 2 is 1.96 bits per heavy atom. The van der Waals surface area contributed by atoms with Crippen molar-refractivity contribution in [2.75, 3.05) is 7.11 Å². The lowest BCUT2D eigenvalue weighted by Gasteiger charge is -2.03. The van der Waals surface area contributed by atoms with Crippen LogP contribution in [0.4, 0.5) is 0 Å². The molecule has 0 bridgehead atoms. The molecule has 1 heterocycles. The van der Waals surface area contributed by atoms with Crippen LogP contribution in [-0.4, -0.2) is 19.2 Å². The SMILES string of the molecule is COc1cccc(C(=O)N/N=C/c2ccc(-c3cccc(Cl)c3Cl)o2)c1. The lowest BCUT2D eigenvalue weighted by molar-refractivity contribution is 0.0955. The Kier molecular flexibility index (Phi) is 5.61. The summed E-state index contributed by atoms with van der Waals surface area (Å²) in [5, 5.41) is 4.76. The summed E-state index contributed by atoms with van der Waals surface area (Å²) >= 11 is 12.2. The van der Waals surface area contributed by atoms with E-state index in [9.17, 15) is 4.79 Å². The van der Waals surface area contributed by atoms with Crippen LogP contribution < -0.4 is 10.2 Å². The number of amides is 1. The summed E-state index contributed by atoms with van der Waals surface area (Å²) < 4.78 is 10.8. The number of furan rings is 1. The van der Waals surface area contributed by atoms with E-state index in [2.05, 4.69) is 10.5 Å². The number of hydrogen-bond donors (Lipinski definition) is 1. The van der Waals surface area contributed by atoms with E-state index in [1.165, 1.54) is 13.3 Å². The van der Waals surface area contributed by atoms with E-state index in [1.807, 2.05) is 0 Å². The molecule has 0 aliphatic heterocycles. The molecule has 1 aromatic heterocycles. The quantitative estimate of drug-likeness (QED) is 0.492. The molecule has 0 saturated carbocycles. The van der Waals surface area contributed by atoms with Crippen LogP contribution in [0.3, 0.4) is 0 Å². The minimum absolute atomic E-state index is 0.357. The van der Waals surface area contributed by atoms with Gasteiger partial charge in [0.2, 0.25) is 0 Å². The summed E-state index contributed by atoms with van der Waals surface area (Å²) in [7, 11) is 1.54. The molecule has 0 aliphatic carbocycles. The minimum atomic E-state index is -0.357. The van der Waals surface area contributed by atoms with Crippen molar-refractivity contribution in [1.82, 2.24) is 5.43 Å². The van der Waals surface area contributed by atoms with Gasteiger partial charge in [-0.15, -0.1) is 0 Å². The molecule has 3 rings (SSSR count). The van der Waals surface area contributed by atoms with Gasteiger partial charge < -0.3 is 9.15 Å². The molecule has 0 unspecified atom stereocenters. The van der Waals surface area contributed by atoms with Crippen LogP contribution in [0.5, 0.6) is 5.75 Å². The first kappa shape index (κ1) is 18.0. The summed E-state index contributed by atoms with van der Waals surface area (Å²) in [6, 6.07) is 15.5. The normalized spacial score (nSPS) is 10.9. The summed E-state index contributed by atoms with van der Waals surface area (Å²) in [5.74, 6) is 1.25. The lowest BCUT2D eigenvalue weighted by Crippen LogP contribution is -2.17. The minimum Gasteiger partial charge on any atom is -0.497 e. The number of hydrogen-bond acceptors (Lipinski definition) is 4. The highest BCUT2D eigenvalue weighted by Gasteiger charge is 2.10. The third kappa shape index (κ3) is 4.07. The number of methoxy groups -OCH3 is 1. The van der Waals surface area contributed by atoms with Gasteiger partial charge in [-0.25, -0.2) is 5.43 Å². The zero-order chi connectivity index (χ0) is 18.5. The van der Waals surface area contributed by atoms with Gasteiger partial charge in [-0.1, -0.05) is 35.3 Å². The molecule has 2 aromatic carbocycles. The van der Waals surface area contributed by atoms with E-state index in [0.717, 1.165) is 0 Å². The van der Waals surface area contributed by atoms with Crippen molar-refractivity contribution >= 4 is 35.3 Å². The molecule has 0 saturated heterocycles. The number of benzene rings is 2. The predicted molar refractivity (Wildman–Crippen MR) is 102 cm³/mol. The Hall–Kier alpha value is -2.76. The van der Waals surface area contributed by atoms with Gasteiger partial charge in [0.05, 0.1) is 23.4 Å². The summed E-state index contributed by atoms with van der Waals surface area (Å²) in [6.07, 6.45) is 1.40. The van der Waals surface area contributed by atoms with Crippen LogP contribution in [0.15, 0.2) is 64.1 Å². The predicted octanol–water partition coefficient (Wildman–Crippen LogP) is 5.03. The zero-order valence-electron chi connectivity index (χ0n) is 13.7. The molecule has 132 valence electrons. The van der Waals surface area contributed by atoms with Crippen LogP contribution in [0, 0.1) is 0 Å². The molecular formula is C19H14Cl2N2O3. The van der Waals surface area contributed by atoms with Crippen molar-refractivity contribution < 1.29 is 13.9 Å². The number of nitrogens with one attached hydrogen (secondary N) is 1. The fourth-order valence-corrected chi connectivity index (χ4v) is 2.64. The molecule has 1 amide bonds. The van der Waals surface area contributed by atoms with Gasteiger partial charge >= 0.3 is 0 Å². The molecule has 0 fully saturated rings. The molecule has 0 atom stereocenters. The highest BCUT2D eigenvalue weighted by Crippen LogP contribution is 2.34. The van der Waals surface area contributed by atoms with Gasteiger partial charge in [0.1, 0.15) is 17.3 Å². The van der Waals surface area contributed by atoms with Gasteiger partial charge in [-0.05, 0) is 42.5 Å². The van der Waals surface area contributed by atoms with Crippen molar-refractivity contribution in [2.45, 2.75) is 0 Å². The van der Waals surface area contributed by atoms with Crippen molar-refractivity contribution in [3.05, 3.63) is 76.0 Å². The Morgan fingerprint density at radius 3 is 2.77 bits per heavy atom. The second-order valence-corrected chi connectivity index (χ2v) is 6.02. The maximum Gasteiger partial charge on any atom is 0.271 e. The van der Waals surface area contributed by atoms with Gasteiger partial charge in [0.25, 0.3) is 5.91 Å². The molecule has 0 spiro atoms. The third-order valence-corrected chi connectivity index (χ3v) is 4.35. The first-order valence-corrected chi connectivity index (χ1v) is 8.36. The van der Waals surface area contributed by atoms with Crippen LogP contribution in [0.25, 0.3) is 11.3 Å². The average molecular weight is 389 g/mol. The number of rotatable bonds is 5. The van der Waals surface area contributed by atoms with Crippen LogP contribution in [-0.2, 0) is 0 Å². The molecule has 3 aromatic rings. The van der Waals surface area contributed by atoms with E-state index in [4.69, 9.17) is 32.4 Å². The van der Waals surface area contributed by atoms with Gasteiger partial charge in [0, 0.05) is 11.1 Å². The molecule has 1 N–H and O–H groups in total. The van der Waals surface area contributed by atoms with Gasteiger partial charge in [0.15, 0.2) is 0 Å². The maximum absolute atomic E-state index is 12.1. The van der Waals surface area contributed by atoms with E-state index in [0.29, 0.717) is 38.4 Å². The van der Waals surface area contributed by atoms with Crippen LogP contribution in [0.1, 0.15) is 16.1 Å². The van der Waals surface area contributed by atoms with Crippen LogP contribution in [0.2, 0.25) is 10.0 Å². The van der Waals surface area contributed by atoms with Crippen molar-refractivity contribution in [3.63, 3.8) is 0 Å². The standard InChI is InChI=1S/C19H14Cl2N2O3/c1-25-13-5-2-4-12(10-13)19(24)23-22-11-14-8-9-17(26-14)15-6-3-7-16(20)18(15)21/h2-11H,1H3,(H,23,24)/b22-11+. The van der Waals surface area contributed by atoms with E-state index < -0.39 is 0 Å². The molecule has 7 heteroatoms. The van der Waals surface area contributed by atoms with Gasteiger partial charge in [-0.2, -0.15) is 5.10 Å². The number of ether oxygens (including phenoxy) is 1. The largest absolute Gasteiger partial charge is 0.497 e. The van der Waals surface area contributed by atoms with Crippen molar-refractivity contribution in [2.24, 2.45) is 5.10 Å². The highest BCUT2D eigenvalue weighted by molar-refractivity contribution is 6.43. The smallest absolute Gasteiger partial charge is 0.271 e. The molecule has 26 heavy (non-hydrogen) atoms. The molecule has 0 radical (unpaired) electrons. The Balaban J connectivity index is 1.69. The third-order valence-electron chi connectivity index (χ3n) is 3.53. The van der Waals surface area contributed by atoms with Crippen LogP contribution >= 0.6 is 23.2 Å². The van der Waals surface area contributed by atoms with Crippen molar-refractivity contribution in [1.29, 1.82) is 0 Å². The number of nitrogens with zero attached hydrogens (tertiary/aromatic N) is 1. The Bertz CT molecular complexity index is 967. The zero-order valence-corrected chi connectivity index (χ0v) is 15.2. The average Bonchev–Trinajstić information content (AvgIpc) is 3.12. The number of hydrazone groups is 1. The van der Waals surface area contributed by atoms with Gasteiger partial charge in [-0.3, -0.25) is 4.79 Å². The number of halogens is 2. The Labute approximate surface area is 160 Å². The summed E-state index contributed by atoms with van der Waals surface area (Å²) in [6.45, 7) is 0.